The fourth-order valence-electron chi connectivity index (χ4n) is 2.26. The summed E-state index contributed by atoms with van der Waals surface area (Å²) < 4.78 is 4.90. The van der Waals surface area contributed by atoms with Crippen molar-refractivity contribution in [2.45, 2.75) is 19.4 Å². The summed E-state index contributed by atoms with van der Waals surface area (Å²) in [6.45, 7) is 2.21. The first-order chi connectivity index (χ1) is 9.04. The molecule has 0 spiro atoms. The number of benzene rings is 1. The number of carboxylic acids is 1. The molecule has 1 amide bonds. The van der Waals surface area contributed by atoms with E-state index in [-0.39, 0.29) is 6.61 Å². The van der Waals surface area contributed by atoms with E-state index in [1.807, 2.05) is 0 Å². The number of rotatable bonds is 2. The van der Waals surface area contributed by atoms with Gasteiger partial charge in [0.25, 0.3) is 0 Å². The highest BCUT2D eigenvalue weighted by Gasteiger charge is 2.36. The zero-order valence-corrected chi connectivity index (χ0v) is 11.2. The predicted octanol–water partition coefficient (Wildman–Crippen LogP) is 2.48. The second kappa shape index (κ2) is 5.48. The predicted molar refractivity (Wildman–Crippen MR) is 69.3 cm³/mol. The molecule has 5 nitrogen and oxygen atoms in total. The van der Waals surface area contributed by atoms with Crippen molar-refractivity contribution in [3.63, 3.8) is 0 Å². The van der Waals surface area contributed by atoms with Crippen molar-refractivity contribution in [2.24, 2.45) is 0 Å². The molecule has 19 heavy (non-hydrogen) atoms. The highest BCUT2D eigenvalue weighted by atomic mass is 35.5. The third-order valence-corrected chi connectivity index (χ3v) is 3.30. The van der Waals surface area contributed by atoms with E-state index < -0.39 is 18.1 Å². The Balaban J connectivity index is 2.38. The SMILES string of the molecule is CCOC(=O)N1CCc2cc(Cl)ccc2C1C(=O)O. The Kier molecular flexibility index (Phi) is 3.95. The van der Waals surface area contributed by atoms with Crippen LogP contribution < -0.4 is 0 Å². The van der Waals surface area contributed by atoms with Gasteiger partial charge in [0.15, 0.2) is 6.04 Å². The second-order valence-corrected chi connectivity index (χ2v) is 4.66. The fraction of sp³-hybridized carbons (Fsp3) is 0.385. The Bertz CT molecular complexity index is 517. The zero-order valence-electron chi connectivity index (χ0n) is 10.4. The van der Waals surface area contributed by atoms with E-state index in [1.54, 1.807) is 25.1 Å². The summed E-state index contributed by atoms with van der Waals surface area (Å²) in [6, 6.07) is 4.02. The van der Waals surface area contributed by atoms with Crippen LogP contribution in [-0.4, -0.2) is 35.2 Å². The van der Waals surface area contributed by atoms with Gasteiger partial charge in [-0.05, 0) is 36.6 Å². The molecule has 0 fully saturated rings. The van der Waals surface area contributed by atoms with Crippen LogP contribution in [0.5, 0.6) is 0 Å². The molecule has 1 aliphatic rings. The Morgan fingerprint density at radius 2 is 2.26 bits per heavy atom. The van der Waals surface area contributed by atoms with Crippen LogP contribution >= 0.6 is 11.6 Å². The summed E-state index contributed by atoms with van der Waals surface area (Å²) in [7, 11) is 0. The number of hydrogen-bond donors (Lipinski definition) is 1. The maximum absolute atomic E-state index is 11.8. The summed E-state index contributed by atoms with van der Waals surface area (Å²) in [5.74, 6) is -1.07. The molecule has 1 aromatic rings. The van der Waals surface area contributed by atoms with Gasteiger partial charge >= 0.3 is 12.1 Å². The minimum Gasteiger partial charge on any atom is -0.479 e. The lowest BCUT2D eigenvalue weighted by molar-refractivity contribution is -0.143. The van der Waals surface area contributed by atoms with Gasteiger partial charge in [-0.3, -0.25) is 4.90 Å². The van der Waals surface area contributed by atoms with Gasteiger partial charge in [0, 0.05) is 11.6 Å². The standard InChI is InChI=1S/C13H14ClNO4/c1-2-19-13(18)15-6-5-8-7-9(14)3-4-10(8)11(15)12(16)17/h3-4,7,11H,2,5-6H2,1H3,(H,16,17). The van der Waals surface area contributed by atoms with Gasteiger partial charge in [-0.2, -0.15) is 0 Å². The van der Waals surface area contributed by atoms with Gasteiger partial charge in [-0.1, -0.05) is 17.7 Å². The van der Waals surface area contributed by atoms with E-state index in [0.717, 1.165) is 5.56 Å². The number of hydrogen-bond acceptors (Lipinski definition) is 3. The number of aliphatic carboxylic acids is 1. The average molecular weight is 284 g/mol. The van der Waals surface area contributed by atoms with E-state index in [2.05, 4.69) is 0 Å². The van der Waals surface area contributed by atoms with Crippen LogP contribution in [0.25, 0.3) is 0 Å². The highest BCUT2D eigenvalue weighted by Crippen LogP contribution is 2.32. The second-order valence-electron chi connectivity index (χ2n) is 4.23. The lowest BCUT2D eigenvalue weighted by Gasteiger charge is -2.33. The van der Waals surface area contributed by atoms with Crippen molar-refractivity contribution in [1.82, 2.24) is 4.90 Å². The van der Waals surface area contributed by atoms with Crippen molar-refractivity contribution < 1.29 is 19.4 Å². The van der Waals surface area contributed by atoms with Crippen LogP contribution in [-0.2, 0) is 16.0 Å². The summed E-state index contributed by atoms with van der Waals surface area (Å²) in [5.41, 5.74) is 1.46. The van der Waals surface area contributed by atoms with Crippen molar-refractivity contribution in [3.05, 3.63) is 34.3 Å². The third-order valence-electron chi connectivity index (χ3n) is 3.07. The molecular formula is C13H14ClNO4. The van der Waals surface area contributed by atoms with E-state index in [0.29, 0.717) is 23.6 Å². The number of fused-ring (bicyclic) bond motifs is 1. The number of ether oxygens (including phenoxy) is 1. The van der Waals surface area contributed by atoms with Gasteiger partial charge in [-0.15, -0.1) is 0 Å². The molecule has 1 heterocycles. The maximum Gasteiger partial charge on any atom is 0.410 e. The van der Waals surface area contributed by atoms with Crippen molar-refractivity contribution in [2.75, 3.05) is 13.2 Å². The van der Waals surface area contributed by atoms with Gasteiger partial charge in [0.1, 0.15) is 0 Å². The van der Waals surface area contributed by atoms with Crippen LogP contribution in [0.4, 0.5) is 4.79 Å². The number of carboxylic acid groups (broad SMARTS) is 1. The summed E-state index contributed by atoms with van der Waals surface area (Å²) in [6.07, 6.45) is -0.0334. The van der Waals surface area contributed by atoms with Crippen molar-refractivity contribution in [1.29, 1.82) is 0 Å². The van der Waals surface area contributed by atoms with Crippen molar-refractivity contribution >= 4 is 23.7 Å². The van der Waals surface area contributed by atoms with Crippen LogP contribution in [0.15, 0.2) is 18.2 Å². The lowest BCUT2D eigenvalue weighted by atomic mass is 9.93. The first-order valence-corrected chi connectivity index (χ1v) is 6.37. The number of carbonyl (C=O) groups excluding carboxylic acids is 1. The van der Waals surface area contributed by atoms with Gasteiger partial charge < -0.3 is 9.84 Å². The van der Waals surface area contributed by atoms with Crippen LogP contribution in [0.3, 0.4) is 0 Å². The molecule has 0 aliphatic carbocycles. The Labute approximate surface area is 115 Å². The normalized spacial score (nSPS) is 17.8. The molecule has 1 aromatic carbocycles. The topological polar surface area (TPSA) is 66.8 Å². The van der Waals surface area contributed by atoms with Crippen LogP contribution in [0.1, 0.15) is 24.1 Å². The lowest BCUT2D eigenvalue weighted by Crippen LogP contribution is -2.43. The average Bonchev–Trinajstić information content (AvgIpc) is 2.37. The van der Waals surface area contributed by atoms with E-state index in [4.69, 9.17) is 16.3 Å². The molecule has 0 saturated carbocycles. The molecule has 6 heteroatoms. The molecule has 1 aliphatic heterocycles. The zero-order chi connectivity index (χ0) is 14.0. The molecule has 0 saturated heterocycles. The van der Waals surface area contributed by atoms with E-state index in [9.17, 15) is 14.7 Å². The molecule has 1 N–H and O–H groups in total. The molecule has 1 atom stereocenters. The van der Waals surface area contributed by atoms with Gasteiger partial charge in [0.05, 0.1) is 6.61 Å². The molecule has 0 aromatic heterocycles. The molecule has 2 rings (SSSR count). The molecule has 0 radical (unpaired) electrons. The number of carbonyl (C=O) groups is 2. The molecule has 0 bridgehead atoms. The Morgan fingerprint density at radius 1 is 1.53 bits per heavy atom. The van der Waals surface area contributed by atoms with Crippen LogP contribution in [0.2, 0.25) is 5.02 Å². The van der Waals surface area contributed by atoms with Crippen molar-refractivity contribution in [3.8, 4) is 0 Å². The Hall–Kier alpha value is -1.75. The molecule has 102 valence electrons. The third kappa shape index (κ3) is 2.66. The molecular weight excluding hydrogens is 270 g/mol. The fourth-order valence-corrected chi connectivity index (χ4v) is 2.46. The first kappa shape index (κ1) is 13.7. The summed E-state index contributed by atoms with van der Waals surface area (Å²) >= 11 is 5.90. The van der Waals surface area contributed by atoms with E-state index >= 15 is 0 Å². The number of halogens is 1. The largest absolute Gasteiger partial charge is 0.479 e. The minimum absolute atomic E-state index is 0.217. The van der Waals surface area contributed by atoms with Gasteiger partial charge in [0.2, 0.25) is 0 Å². The van der Waals surface area contributed by atoms with Crippen LogP contribution in [0, 0.1) is 0 Å². The Morgan fingerprint density at radius 3 is 2.89 bits per heavy atom. The number of nitrogens with zero attached hydrogens (tertiary/aromatic N) is 1. The summed E-state index contributed by atoms with van der Waals surface area (Å²) in [5, 5.41) is 9.92. The smallest absolute Gasteiger partial charge is 0.410 e. The number of amides is 1. The highest BCUT2D eigenvalue weighted by molar-refractivity contribution is 6.30. The molecule has 1 unspecified atom stereocenters. The van der Waals surface area contributed by atoms with E-state index in [1.165, 1.54) is 4.90 Å². The summed E-state index contributed by atoms with van der Waals surface area (Å²) in [4.78, 5) is 24.5. The quantitative estimate of drug-likeness (QED) is 0.905. The monoisotopic (exact) mass is 283 g/mol. The van der Waals surface area contributed by atoms with Gasteiger partial charge in [-0.25, -0.2) is 9.59 Å². The maximum atomic E-state index is 11.8. The first-order valence-electron chi connectivity index (χ1n) is 5.99. The minimum atomic E-state index is -1.07.